The van der Waals surface area contributed by atoms with Crippen LogP contribution in [0.4, 0.5) is 4.39 Å². The van der Waals surface area contributed by atoms with Gasteiger partial charge < -0.3 is 14.6 Å². The predicted octanol–water partition coefficient (Wildman–Crippen LogP) is 3.19. The van der Waals surface area contributed by atoms with E-state index in [2.05, 4.69) is 15.6 Å². The molecule has 0 aliphatic heterocycles. The van der Waals surface area contributed by atoms with Crippen LogP contribution in [0, 0.1) is 5.82 Å². The molecular weight excluding hydrogens is 385 g/mol. The molecule has 1 N–H and O–H groups in total. The summed E-state index contributed by atoms with van der Waals surface area (Å²) < 4.78 is 21.7. The van der Waals surface area contributed by atoms with Gasteiger partial charge in [-0.15, -0.1) is 5.10 Å². The van der Waals surface area contributed by atoms with Crippen molar-refractivity contribution in [1.82, 2.24) is 24.9 Å². The van der Waals surface area contributed by atoms with Crippen LogP contribution in [0.2, 0.25) is 0 Å². The largest absolute Gasteiger partial charge is 0.497 e. The smallest absolute Gasteiger partial charge is 0.276 e. The molecule has 0 fully saturated rings. The van der Waals surface area contributed by atoms with E-state index >= 15 is 0 Å². The third-order valence-electron chi connectivity index (χ3n) is 4.63. The Hall–Kier alpha value is -3.94. The Morgan fingerprint density at radius 2 is 1.70 bits per heavy atom. The first-order chi connectivity index (χ1) is 14.6. The number of amides is 1. The van der Waals surface area contributed by atoms with E-state index in [1.165, 1.54) is 12.1 Å². The van der Waals surface area contributed by atoms with Crippen molar-refractivity contribution < 1.29 is 13.9 Å². The second kappa shape index (κ2) is 8.60. The average Bonchev–Trinajstić information content (AvgIpc) is 3.43. The van der Waals surface area contributed by atoms with Crippen LogP contribution in [0.15, 0.2) is 73.1 Å². The zero-order valence-electron chi connectivity index (χ0n) is 16.3. The molecule has 0 saturated carbocycles. The summed E-state index contributed by atoms with van der Waals surface area (Å²) in [5.74, 6) is 0.654. The van der Waals surface area contributed by atoms with E-state index in [4.69, 9.17) is 4.74 Å². The van der Waals surface area contributed by atoms with Crippen molar-refractivity contribution in [3.8, 4) is 11.6 Å². The highest BCUT2D eigenvalue weighted by Gasteiger charge is 2.21. The molecule has 2 aromatic heterocycles. The molecule has 4 aromatic rings. The van der Waals surface area contributed by atoms with E-state index in [1.807, 2.05) is 48.8 Å². The van der Waals surface area contributed by atoms with Crippen molar-refractivity contribution in [2.24, 2.45) is 0 Å². The summed E-state index contributed by atoms with van der Waals surface area (Å²) in [5.41, 5.74) is 1.99. The summed E-state index contributed by atoms with van der Waals surface area (Å²) in [5, 5.41) is 11.1. The first kappa shape index (κ1) is 19.4. The normalized spacial score (nSPS) is 10.7. The van der Waals surface area contributed by atoms with Gasteiger partial charge in [0.25, 0.3) is 5.91 Å². The zero-order valence-corrected chi connectivity index (χ0v) is 16.3. The number of halogens is 1. The minimum Gasteiger partial charge on any atom is -0.497 e. The minimum absolute atomic E-state index is 0.210. The van der Waals surface area contributed by atoms with E-state index in [-0.39, 0.29) is 24.0 Å². The molecule has 0 unspecified atom stereocenters. The summed E-state index contributed by atoms with van der Waals surface area (Å²) in [6.07, 6.45) is 3.67. The van der Waals surface area contributed by atoms with Crippen LogP contribution in [-0.2, 0) is 13.1 Å². The summed E-state index contributed by atoms with van der Waals surface area (Å²) in [4.78, 5) is 12.8. The van der Waals surface area contributed by atoms with Crippen LogP contribution < -0.4 is 10.1 Å². The molecule has 152 valence electrons. The maximum Gasteiger partial charge on any atom is 0.276 e. The zero-order chi connectivity index (χ0) is 20.9. The molecule has 7 nitrogen and oxygen atoms in total. The van der Waals surface area contributed by atoms with Gasteiger partial charge in [0, 0.05) is 18.9 Å². The fraction of sp³-hybridized carbons (Fsp3) is 0.136. The molecule has 0 radical (unpaired) electrons. The van der Waals surface area contributed by atoms with Gasteiger partial charge >= 0.3 is 0 Å². The molecule has 4 rings (SSSR count). The fourth-order valence-electron chi connectivity index (χ4n) is 3.06. The van der Waals surface area contributed by atoms with Gasteiger partial charge in [0.05, 0.1) is 13.7 Å². The molecular formula is C22H20FN5O2. The third-order valence-corrected chi connectivity index (χ3v) is 4.63. The summed E-state index contributed by atoms with van der Waals surface area (Å²) in [6, 6.07) is 17.3. The molecule has 8 heteroatoms. The van der Waals surface area contributed by atoms with Crippen molar-refractivity contribution in [3.63, 3.8) is 0 Å². The Balaban J connectivity index is 1.58. The number of methoxy groups -OCH3 is 1. The average molecular weight is 405 g/mol. The first-order valence-corrected chi connectivity index (χ1v) is 9.36. The van der Waals surface area contributed by atoms with Crippen LogP contribution in [-0.4, -0.2) is 32.6 Å². The summed E-state index contributed by atoms with van der Waals surface area (Å²) in [7, 11) is 1.62. The van der Waals surface area contributed by atoms with Gasteiger partial charge in [0.15, 0.2) is 11.5 Å². The van der Waals surface area contributed by atoms with Gasteiger partial charge in [-0.1, -0.05) is 29.5 Å². The maximum absolute atomic E-state index is 13.1. The van der Waals surface area contributed by atoms with Crippen molar-refractivity contribution in [3.05, 3.63) is 95.7 Å². The minimum atomic E-state index is -0.357. The number of carbonyl (C=O) groups excluding carboxylic acids is 1. The molecule has 2 aromatic carbocycles. The Labute approximate surface area is 172 Å². The lowest BCUT2D eigenvalue weighted by molar-refractivity contribution is 0.0946. The predicted molar refractivity (Wildman–Crippen MR) is 109 cm³/mol. The fourth-order valence-corrected chi connectivity index (χ4v) is 3.06. The Kier molecular flexibility index (Phi) is 5.56. The number of rotatable bonds is 7. The number of aromatic nitrogens is 4. The molecule has 0 saturated heterocycles. The quantitative estimate of drug-likeness (QED) is 0.513. The lowest BCUT2D eigenvalue weighted by Gasteiger charge is -2.10. The molecule has 1 amide bonds. The Bertz CT molecular complexity index is 1120. The number of carbonyl (C=O) groups is 1. The Morgan fingerprint density at radius 3 is 2.37 bits per heavy atom. The van der Waals surface area contributed by atoms with E-state index < -0.39 is 0 Å². The molecule has 0 bridgehead atoms. The van der Waals surface area contributed by atoms with Gasteiger partial charge in [0.1, 0.15) is 11.6 Å². The van der Waals surface area contributed by atoms with Crippen LogP contribution in [0.3, 0.4) is 0 Å². The van der Waals surface area contributed by atoms with Gasteiger partial charge in [-0.05, 0) is 47.5 Å². The molecule has 0 aliphatic rings. The van der Waals surface area contributed by atoms with E-state index in [1.54, 1.807) is 28.5 Å². The number of nitrogens with zero attached hydrogens (tertiary/aromatic N) is 4. The van der Waals surface area contributed by atoms with E-state index in [0.29, 0.717) is 12.4 Å². The molecule has 0 atom stereocenters. The monoisotopic (exact) mass is 405 g/mol. The lowest BCUT2D eigenvalue weighted by atomic mass is 10.2. The van der Waals surface area contributed by atoms with Gasteiger partial charge in [-0.25, -0.2) is 9.07 Å². The maximum atomic E-state index is 13.1. The number of ether oxygens (including phenoxy) is 1. The highest BCUT2D eigenvalue weighted by Crippen LogP contribution is 2.17. The van der Waals surface area contributed by atoms with Crippen molar-refractivity contribution in [2.75, 3.05) is 7.11 Å². The third kappa shape index (κ3) is 4.22. The molecule has 0 aliphatic carbocycles. The van der Waals surface area contributed by atoms with Gasteiger partial charge in [-0.3, -0.25) is 4.79 Å². The Morgan fingerprint density at radius 1 is 1.03 bits per heavy atom. The van der Waals surface area contributed by atoms with Crippen molar-refractivity contribution >= 4 is 5.91 Å². The number of benzene rings is 2. The number of hydrogen-bond acceptors (Lipinski definition) is 4. The summed E-state index contributed by atoms with van der Waals surface area (Å²) in [6.45, 7) is 0.700. The summed E-state index contributed by atoms with van der Waals surface area (Å²) >= 11 is 0. The van der Waals surface area contributed by atoms with Crippen molar-refractivity contribution in [2.45, 2.75) is 13.1 Å². The van der Waals surface area contributed by atoms with Gasteiger partial charge in [0.2, 0.25) is 0 Å². The van der Waals surface area contributed by atoms with Crippen LogP contribution in [0.25, 0.3) is 5.82 Å². The highest BCUT2D eigenvalue weighted by atomic mass is 19.1. The number of hydrogen-bond donors (Lipinski definition) is 1. The van der Waals surface area contributed by atoms with Crippen LogP contribution in [0.5, 0.6) is 5.75 Å². The standard InChI is InChI=1S/C22H20FN5O2/c1-30-19-10-6-17(7-11-19)15-28-22(27-12-2-3-13-27)20(25-26-28)21(29)24-14-16-4-8-18(23)9-5-16/h2-13H,14-15H2,1H3,(H,24,29). The first-order valence-electron chi connectivity index (χ1n) is 9.36. The van der Waals surface area contributed by atoms with E-state index in [0.717, 1.165) is 16.9 Å². The lowest BCUT2D eigenvalue weighted by Crippen LogP contribution is -2.25. The SMILES string of the molecule is COc1ccc(Cn2nnc(C(=O)NCc3ccc(F)cc3)c2-n2cccc2)cc1. The second-order valence-electron chi connectivity index (χ2n) is 6.67. The molecule has 30 heavy (non-hydrogen) atoms. The molecule has 2 heterocycles. The second-order valence-corrected chi connectivity index (χ2v) is 6.67. The van der Waals surface area contributed by atoms with Crippen LogP contribution >= 0.6 is 0 Å². The highest BCUT2D eigenvalue weighted by molar-refractivity contribution is 5.95. The van der Waals surface area contributed by atoms with Crippen LogP contribution in [0.1, 0.15) is 21.6 Å². The number of nitrogens with one attached hydrogen (secondary N) is 1. The molecule has 0 spiro atoms. The topological polar surface area (TPSA) is 74.0 Å². The van der Waals surface area contributed by atoms with Crippen molar-refractivity contribution in [1.29, 1.82) is 0 Å². The van der Waals surface area contributed by atoms with E-state index in [9.17, 15) is 9.18 Å². The van der Waals surface area contributed by atoms with Gasteiger partial charge in [-0.2, -0.15) is 0 Å².